The molecule has 2 amide bonds. The first-order valence-corrected chi connectivity index (χ1v) is 9.76. The lowest BCUT2D eigenvalue weighted by molar-refractivity contribution is -0.137. The van der Waals surface area contributed by atoms with Crippen LogP contribution in [0.4, 0.5) is 5.69 Å². The van der Waals surface area contributed by atoms with E-state index < -0.39 is 0 Å². The SMILES string of the molecule is COc1cccc(NC2=C(c3ccccc3)C(=O)N(Cc3ccc(Cl)cc3)C2=O)c1. The normalized spacial score (nSPS) is 13.7. The molecule has 3 aromatic carbocycles. The van der Waals surface area contributed by atoms with Gasteiger partial charge in [-0.1, -0.05) is 60.1 Å². The first kappa shape index (κ1) is 19.7. The molecule has 1 heterocycles. The number of anilines is 1. The number of rotatable bonds is 6. The minimum Gasteiger partial charge on any atom is -0.497 e. The molecular formula is C24H19ClN2O3. The summed E-state index contributed by atoms with van der Waals surface area (Å²) in [5.74, 6) is -0.0696. The number of ether oxygens (including phenoxy) is 1. The van der Waals surface area contributed by atoms with Gasteiger partial charge in [-0.15, -0.1) is 0 Å². The second-order valence-corrected chi connectivity index (χ2v) is 7.23. The van der Waals surface area contributed by atoms with Crippen LogP contribution >= 0.6 is 11.6 Å². The number of hydrogen-bond donors (Lipinski definition) is 1. The molecule has 0 spiro atoms. The lowest BCUT2D eigenvalue weighted by Gasteiger charge is -2.15. The first-order valence-electron chi connectivity index (χ1n) is 9.38. The maximum Gasteiger partial charge on any atom is 0.278 e. The molecule has 0 fully saturated rings. The molecule has 0 aliphatic carbocycles. The Kier molecular flexibility index (Phi) is 5.55. The Hall–Kier alpha value is -3.57. The van der Waals surface area contributed by atoms with Gasteiger partial charge in [-0.25, -0.2) is 0 Å². The van der Waals surface area contributed by atoms with Crippen LogP contribution in [0, 0.1) is 0 Å². The first-order chi connectivity index (χ1) is 14.6. The summed E-state index contributed by atoms with van der Waals surface area (Å²) in [4.78, 5) is 27.8. The number of imide groups is 1. The van der Waals surface area contributed by atoms with E-state index in [4.69, 9.17) is 16.3 Å². The second kappa shape index (κ2) is 8.43. The zero-order valence-corrected chi connectivity index (χ0v) is 17.0. The van der Waals surface area contributed by atoms with Crippen molar-refractivity contribution in [1.82, 2.24) is 4.90 Å². The zero-order chi connectivity index (χ0) is 21.1. The van der Waals surface area contributed by atoms with Crippen molar-refractivity contribution in [2.75, 3.05) is 12.4 Å². The molecule has 0 saturated heterocycles. The van der Waals surface area contributed by atoms with Crippen molar-refractivity contribution in [3.63, 3.8) is 0 Å². The largest absolute Gasteiger partial charge is 0.497 e. The van der Waals surface area contributed by atoms with E-state index in [1.807, 2.05) is 48.5 Å². The summed E-state index contributed by atoms with van der Waals surface area (Å²) in [6.45, 7) is 0.161. The van der Waals surface area contributed by atoms with Gasteiger partial charge in [0.15, 0.2) is 0 Å². The second-order valence-electron chi connectivity index (χ2n) is 6.80. The Morgan fingerprint density at radius 1 is 0.900 bits per heavy atom. The van der Waals surface area contributed by atoms with Crippen molar-refractivity contribution in [3.05, 3.63) is 101 Å². The van der Waals surface area contributed by atoms with Crippen LogP contribution in [0.15, 0.2) is 84.6 Å². The van der Waals surface area contributed by atoms with Crippen LogP contribution in [0.2, 0.25) is 5.02 Å². The van der Waals surface area contributed by atoms with E-state index in [1.54, 1.807) is 37.4 Å². The van der Waals surface area contributed by atoms with Gasteiger partial charge in [0, 0.05) is 16.8 Å². The highest BCUT2D eigenvalue weighted by molar-refractivity contribution is 6.36. The van der Waals surface area contributed by atoms with Gasteiger partial charge in [0.25, 0.3) is 11.8 Å². The molecule has 4 rings (SSSR count). The van der Waals surface area contributed by atoms with E-state index in [0.717, 1.165) is 5.56 Å². The number of carbonyl (C=O) groups excluding carboxylic acids is 2. The van der Waals surface area contributed by atoms with Crippen LogP contribution < -0.4 is 10.1 Å². The number of nitrogens with one attached hydrogen (secondary N) is 1. The molecule has 1 aliphatic heterocycles. The van der Waals surface area contributed by atoms with Crippen LogP contribution in [0.25, 0.3) is 5.57 Å². The number of amides is 2. The number of halogens is 1. The maximum atomic E-state index is 13.3. The minimum absolute atomic E-state index is 0.161. The molecule has 3 aromatic rings. The number of benzene rings is 3. The molecule has 5 nitrogen and oxygen atoms in total. The fourth-order valence-electron chi connectivity index (χ4n) is 3.33. The van der Waals surface area contributed by atoms with Crippen LogP contribution in [0.1, 0.15) is 11.1 Å². The molecule has 0 aromatic heterocycles. The Morgan fingerprint density at radius 2 is 1.63 bits per heavy atom. The van der Waals surface area contributed by atoms with Crippen molar-refractivity contribution in [2.24, 2.45) is 0 Å². The fourth-order valence-corrected chi connectivity index (χ4v) is 3.45. The van der Waals surface area contributed by atoms with E-state index in [0.29, 0.717) is 27.6 Å². The summed E-state index contributed by atoms with van der Waals surface area (Å²) in [5, 5.41) is 3.73. The summed E-state index contributed by atoms with van der Waals surface area (Å²) in [7, 11) is 1.58. The van der Waals surface area contributed by atoms with Gasteiger partial charge in [-0.2, -0.15) is 0 Å². The van der Waals surface area contributed by atoms with Crippen LogP contribution in [-0.4, -0.2) is 23.8 Å². The molecule has 0 saturated carbocycles. The molecule has 1 N–H and O–H groups in total. The molecule has 0 unspecified atom stereocenters. The standard InChI is InChI=1S/C24H19ClN2O3/c1-30-20-9-5-8-19(14-20)26-22-21(17-6-3-2-4-7-17)23(28)27(24(22)29)15-16-10-12-18(25)13-11-16/h2-14,26H,15H2,1H3. The lowest BCUT2D eigenvalue weighted by Crippen LogP contribution is -2.32. The molecule has 0 bridgehead atoms. The molecular weight excluding hydrogens is 400 g/mol. The Bertz CT molecular complexity index is 1120. The summed E-state index contributed by atoms with van der Waals surface area (Å²) >= 11 is 5.95. The third kappa shape index (κ3) is 3.93. The molecule has 6 heteroatoms. The Balaban J connectivity index is 1.72. The van der Waals surface area contributed by atoms with Crippen molar-refractivity contribution < 1.29 is 14.3 Å². The van der Waals surface area contributed by atoms with Gasteiger partial charge in [-0.05, 0) is 35.4 Å². The van der Waals surface area contributed by atoms with Gasteiger partial charge in [0.1, 0.15) is 11.4 Å². The number of nitrogens with zero attached hydrogens (tertiary/aromatic N) is 1. The molecule has 1 aliphatic rings. The highest BCUT2D eigenvalue weighted by Gasteiger charge is 2.39. The average molecular weight is 419 g/mol. The van der Waals surface area contributed by atoms with Gasteiger partial charge in [0.2, 0.25) is 0 Å². The van der Waals surface area contributed by atoms with Crippen molar-refractivity contribution >= 4 is 34.7 Å². The third-order valence-corrected chi connectivity index (χ3v) is 5.08. The summed E-state index contributed by atoms with van der Waals surface area (Å²) in [6.07, 6.45) is 0. The predicted molar refractivity (Wildman–Crippen MR) is 117 cm³/mol. The smallest absolute Gasteiger partial charge is 0.278 e. The number of hydrogen-bond acceptors (Lipinski definition) is 4. The average Bonchev–Trinajstić information content (AvgIpc) is 3.00. The lowest BCUT2D eigenvalue weighted by atomic mass is 10.0. The highest BCUT2D eigenvalue weighted by Crippen LogP contribution is 2.32. The monoisotopic (exact) mass is 418 g/mol. The van der Waals surface area contributed by atoms with E-state index in [1.165, 1.54) is 4.90 Å². The predicted octanol–water partition coefficient (Wildman–Crippen LogP) is 4.74. The molecule has 0 radical (unpaired) electrons. The van der Waals surface area contributed by atoms with E-state index in [9.17, 15) is 9.59 Å². The topological polar surface area (TPSA) is 58.6 Å². The highest BCUT2D eigenvalue weighted by atomic mass is 35.5. The fraction of sp³-hybridized carbons (Fsp3) is 0.0833. The number of methoxy groups -OCH3 is 1. The minimum atomic E-state index is -0.378. The van der Waals surface area contributed by atoms with Gasteiger partial charge < -0.3 is 10.1 Å². The zero-order valence-electron chi connectivity index (χ0n) is 16.3. The van der Waals surface area contributed by atoms with E-state index in [2.05, 4.69) is 5.32 Å². The van der Waals surface area contributed by atoms with Crippen molar-refractivity contribution in [1.29, 1.82) is 0 Å². The van der Waals surface area contributed by atoms with Crippen LogP contribution in [0.5, 0.6) is 5.75 Å². The van der Waals surface area contributed by atoms with E-state index in [-0.39, 0.29) is 24.1 Å². The molecule has 30 heavy (non-hydrogen) atoms. The summed E-state index contributed by atoms with van der Waals surface area (Å²) < 4.78 is 5.26. The van der Waals surface area contributed by atoms with Crippen molar-refractivity contribution in [3.8, 4) is 5.75 Å². The van der Waals surface area contributed by atoms with Gasteiger partial charge in [0.05, 0.1) is 19.2 Å². The van der Waals surface area contributed by atoms with Crippen LogP contribution in [0.3, 0.4) is 0 Å². The molecule has 0 atom stereocenters. The van der Waals surface area contributed by atoms with Crippen LogP contribution in [-0.2, 0) is 16.1 Å². The summed E-state index contributed by atoms with van der Waals surface area (Å²) in [6, 6.07) is 23.5. The Labute approximate surface area is 179 Å². The maximum absolute atomic E-state index is 13.3. The third-order valence-electron chi connectivity index (χ3n) is 4.82. The van der Waals surface area contributed by atoms with E-state index >= 15 is 0 Å². The number of carbonyl (C=O) groups is 2. The summed E-state index contributed by atoms with van der Waals surface area (Å²) in [5.41, 5.74) is 2.74. The van der Waals surface area contributed by atoms with Gasteiger partial charge in [-0.3, -0.25) is 14.5 Å². The Morgan fingerprint density at radius 3 is 2.33 bits per heavy atom. The van der Waals surface area contributed by atoms with Crippen molar-refractivity contribution in [2.45, 2.75) is 6.54 Å². The van der Waals surface area contributed by atoms with Gasteiger partial charge >= 0.3 is 0 Å². The molecule has 150 valence electrons. The quantitative estimate of drug-likeness (QED) is 0.587.